The Morgan fingerprint density at radius 1 is 1.14 bits per heavy atom. The number of hydrogen-bond donors (Lipinski definition) is 1. The van der Waals surface area contributed by atoms with E-state index in [9.17, 15) is 14.7 Å². The molecule has 1 atom stereocenters. The number of carbonyl (C=O) groups is 2. The number of aliphatic hydroxyl groups is 1. The van der Waals surface area contributed by atoms with Crippen LogP contribution in [0.1, 0.15) is 33.9 Å². The lowest BCUT2D eigenvalue weighted by Crippen LogP contribution is -2.41. The van der Waals surface area contributed by atoms with Crippen LogP contribution >= 0.6 is 23.2 Å². The first kappa shape index (κ1) is 19.7. The summed E-state index contributed by atoms with van der Waals surface area (Å²) in [7, 11) is 0. The third-order valence-corrected chi connectivity index (χ3v) is 5.62. The third-order valence-electron chi connectivity index (χ3n) is 5.01. The minimum absolute atomic E-state index is 0.0943. The van der Waals surface area contributed by atoms with E-state index in [1.54, 1.807) is 43.3 Å². The van der Waals surface area contributed by atoms with E-state index in [0.717, 1.165) is 5.56 Å². The molecule has 0 saturated heterocycles. The number of amides is 1. The predicted octanol–water partition coefficient (Wildman–Crippen LogP) is 4.90. The largest absolute Gasteiger partial charge is 0.458 e. The Hall–Kier alpha value is -2.60. The molecular weight excluding hydrogens is 413 g/mol. The van der Waals surface area contributed by atoms with Gasteiger partial charge in [0.2, 0.25) is 5.78 Å². The van der Waals surface area contributed by atoms with Crippen LogP contribution in [0.5, 0.6) is 0 Å². The minimum atomic E-state index is -2.04. The molecule has 0 bridgehead atoms. The van der Waals surface area contributed by atoms with Crippen LogP contribution in [0.3, 0.4) is 0 Å². The quantitative estimate of drug-likeness (QED) is 0.585. The number of benzene rings is 2. The van der Waals surface area contributed by atoms with Crippen LogP contribution < -0.4 is 4.90 Å². The summed E-state index contributed by atoms with van der Waals surface area (Å²) >= 11 is 12.4. The van der Waals surface area contributed by atoms with Crippen molar-refractivity contribution in [1.82, 2.24) is 0 Å². The van der Waals surface area contributed by atoms with Gasteiger partial charge in [0.25, 0.3) is 5.91 Å². The average molecular weight is 430 g/mol. The number of carbonyl (C=O) groups excluding carboxylic acids is 2. The van der Waals surface area contributed by atoms with Gasteiger partial charge >= 0.3 is 0 Å². The summed E-state index contributed by atoms with van der Waals surface area (Å²) in [6, 6.07) is 15.1. The number of ketones is 1. The second kappa shape index (κ2) is 7.34. The first-order chi connectivity index (χ1) is 13.8. The van der Waals surface area contributed by atoms with Gasteiger partial charge < -0.3 is 14.4 Å². The molecule has 7 heteroatoms. The van der Waals surface area contributed by atoms with Gasteiger partial charge in [-0.3, -0.25) is 9.59 Å². The number of furan rings is 1. The van der Waals surface area contributed by atoms with Crippen molar-refractivity contribution in [3.8, 4) is 0 Å². The van der Waals surface area contributed by atoms with Crippen LogP contribution in [0.4, 0.5) is 5.69 Å². The molecular formula is C22H17Cl2NO4. The maximum absolute atomic E-state index is 13.3. The number of fused-ring (bicyclic) bond motifs is 1. The van der Waals surface area contributed by atoms with E-state index >= 15 is 0 Å². The van der Waals surface area contributed by atoms with E-state index in [-0.39, 0.29) is 12.3 Å². The van der Waals surface area contributed by atoms with Gasteiger partial charge in [-0.25, -0.2) is 0 Å². The summed E-state index contributed by atoms with van der Waals surface area (Å²) in [6.45, 7) is 1.87. The van der Waals surface area contributed by atoms with Crippen LogP contribution in [0.15, 0.2) is 59.0 Å². The summed E-state index contributed by atoms with van der Waals surface area (Å²) in [5.74, 6) is -0.412. The molecule has 3 aromatic rings. The summed E-state index contributed by atoms with van der Waals surface area (Å²) in [4.78, 5) is 27.4. The molecule has 0 aliphatic carbocycles. The average Bonchev–Trinajstić information content (AvgIpc) is 3.20. The fourth-order valence-electron chi connectivity index (χ4n) is 3.55. The zero-order valence-corrected chi connectivity index (χ0v) is 17.0. The molecule has 2 heterocycles. The first-order valence-corrected chi connectivity index (χ1v) is 9.72. The third kappa shape index (κ3) is 3.46. The van der Waals surface area contributed by atoms with Crippen LogP contribution in [-0.2, 0) is 16.9 Å². The predicted molar refractivity (Wildman–Crippen MR) is 110 cm³/mol. The second-order valence-electron chi connectivity index (χ2n) is 7.01. The molecule has 0 spiro atoms. The zero-order valence-electron chi connectivity index (χ0n) is 15.5. The zero-order chi connectivity index (χ0) is 20.8. The molecule has 0 saturated carbocycles. The van der Waals surface area contributed by atoms with Gasteiger partial charge in [-0.1, -0.05) is 41.4 Å². The fraction of sp³-hybridized carbons (Fsp3) is 0.182. The Labute approximate surface area is 177 Å². The molecule has 0 unspecified atom stereocenters. The van der Waals surface area contributed by atoms with Crippen molar-refractivity contribution >= 4 is 40.6 Å². The Balaban J connectivity index is 1.73. The molecule has 1 amide bonds. The maximum atomic E-state index is 13.3. The highest BCUT2D eigenvalue weighted by atomic mass is 35.5. The highest BCUT2D eigenvalue weighted by Crippen LogP contribution is 2.45. The van der Waals surface area contributed by atoms with E-state index in [1.807, 2.05) is 6.07 Å². The van der Waals surface area contributed by atoms with Crippen molar-refractivity contribution in [2.45, 2.75) is 25.5 Å². The Morgan fingerprint density at radius 2 is 1.90 bits per heavy atom. The van der Waals surface area contributed by atoms with Crippen molar-refractivity contribution in [2.75, 3.05) is 4.90 Å². The topological polar surface area (TPSA) is 70.8 Å². The van der Waals surface area contributed by atoms with Crippen LogP contribution in [-0.4, -0.2) is 16.8 Å². The monoisotopic (exact) mass is 429 g/mol. The number of anilines is 1. The minimum Gasteiger partial charge on any atom is -0.458 e. The van der Waals surface area contributed by atoms with E-state index < -0.39 is 23.7 Å². The normalized spacial score (nSPS) is 18.2. The molecule has 4 rings (SSSR count). The van der Waals surface area contributed by atoms with Gasteiger partial charge in [0.05, 0.1) is 18.7 Å². The Morgan fingerprint density at radius 3 is 2.59 bits per heavy atom. The number of Topliss-reactive ketones (excluding diaryl/α,β-unsaturated/α-hetero) is 1. The lowest BCUT2D eigenvalue weighted by atomic mass is 9.89. The highest BCUT2D eigenvalue weighted by molar-refractivity contribution is 6.31. The van der Waals surface area contributed by atoms with Crippen molar-refractivity contribution in [1.29, 1.82) is 0 Å². The number of rotatable bonds is 5. The molecule has 1 aliphatic rings. The van der Waals surface area contributed by atoms with Gasteiger partial charge in [-0.15, -0.1) is 0 Å². The Kier molecular flexibility index (Phi) is 4.99. The van der Waals surface area contributed by atoms with Gasteiger partial charge in [0, 0.05) is 15.6 Å². The highest BCUT2D eigenvalue weighted by Gasteiger charge is 2.51. The number of halogens is 2. The first-order valence-electron chi connectivity index (χ1n) is 8.97. The molecule has 0 fully saturated rings. The van der Waals surface area contributed by atoms with E-state index in [4.69, 9.17) is 27.6 Å². The maximum Gasteiger partial charge on any atom is 0.264 e. The van der Waals surface area contributed by atoms with Gasteiger partial charge in [-0.2, -0.15) is 0 Å². The lowest BCUT2D eigenvalue weighted by molar-refractivity contribution is -0.136. The van der Waals surface area contributed by atoms with Crippen molar-refractivity contribution in [2.24, 2.45) is 0 Å². The number of hydrogen-bond acceptors (Lipinski definition) is 4. The summed E-state index contributed by atoms with van der Waals surface area (Å²) in [6.07, 6.45) is -0.453. The number of aryl methyl sites for hydroxylation is 1. The molecule has 148 valence electrons. The molecule has 1 N–H and O–H groups in total. The molecule has 5 nitrogen and oxygen atoms in total. The standard InChI is InChI=1S/C22H17Cl2NO4/c1-13-6-9-20(29-13)19(26)11-22(28)16-10-15(23)7-8-18(16)25(21(22)27)12-14-4-2-3-5-17(14)24/h2-10,28H,11-12H2,1H3/t22-/m1/s1. The van der Waals surface area contributed by atoms with Crippen molar-refractivity contribution in [3.63, 3.8) is 0 Å². The van der Waals surface area contributed by atoms with Crippen LogP contribution in [0.2, 0.25) is 10.0 Å². The molecule has 1 aromatic heterocycles. The van der Waals surface area contributed by atoms with Gasteiger partial charge in [0.1, 0.15) is 5.76 Å². The van der Waals surface area contributed by atoms with Gasteiger partial charge in [-0.05, 0) is 48.9 Å². The SMILES string of the molecule is Cc1ccc(C(=O)C[C@]2(O)C(=O)N(Cc3ccccc3Cl)c3ccc(Cl)cc32)o1. The van der Waals surface area contributed by atoms with Crippen LogP contribution in [0, 0.1) is 6.92 Å². The van der Waals surface area contributed by atoms with E-state index in [0.29, 0.717) is 27.1 Å². The smallest absolute Gasteiger partial charge is 0.264 e. The second-order valence-corrected chi connectivity index (χ2v) is 7.86. The summed E-state index contributed by atoms with van der Waals surface area (Å²) in [5, 5.41) is 12.2. The lowest BCUT2D eigenvalue weighted by Gasteiger charge is -2.22. The number of nitrogens with zero attached hydrogens (tertiary/aromatic N) is 1. The summed E-state index contributed by atoms with van der Waals surface area (Å²) in [5.41, 5.74) is -0.538. The molecule has 29 heavy (non-hydrogen) atoms. The fourth-order valence-corrected chi connectivity index (χ4v) is 3.92. The van der Waals surface area contributed by atoms with Crippen molar-refractivity contribution < 1.29 is 19.1 Å². The van der Waals surface area contributed by atoms with E-state index in [1.165, 1.54) is 17.0 Å². The van der Waals surface area contributed by atoms with E-state index in [2.05, 4.69) is 0 Å². The Bertz CT molecular complexity index is 1120. The van der Waals surface area contributed by atoms with Crippen LogP contribution in [0.25, 0.3) is 0 Å². The summed E-state index contributed by atoms with van der Waals surface area (Å²) < 4.78 is 5.36. The molecule has 2 aromatic carbocycles. The molecule has 1 aliphatic heterocycles. The van der Waals surface area contributed by atoms with Crippen molar-refractivity contribution in [3.05, 3.63) is 87.3 Å². The van der Waals surface area contributed by atoms with Gasteiger partial charge in [0.15, 0.2) is 11.4 Å². The molecule has 0 radical (unpaired) electrons.